The molecule has 0 radical (unpaired) electrons. The normalized spacial score (nSPS) is 12.0. The zero-order valence-corrected chi connectivity index (χ0v) is 14.9. The minimum atomic E-state index is -3.83. The van der Waals surface area contributed by atoms with E-state index in [0.29, 0.717) is 5.56 Å². The first-order chi connectivity index (χ1) is 12.5. The predicted octanol–water partition coefficient (Wildman–Crippen LogP) is 4.67. The molecule has 0 aromatic heterocycles. The van der Waals surface area contributed by atoms with E-state index in [2.05, 4.69) is 0 Å². The van der Waals surface area contributed by atoms with Crippen molar-refractivity contribution >= 4 is 34.3 Å². The Morgan fingerprint density at radius 2 is 1.15 bits per heavy atom. The molecule has 0 fully saturated rings. The third-order valence-electron chi connectivity index (χ3n) is 3.90. The minimum absolute atomic E-state index is 0.111. The standard InChI is InChI=1S/C22H19NO2S/c23-26(24,25)22-13-7-12-20(16-14-18-8-3-1-4-9-18)21(22)17-15-19-10-5-2-6-11-19/h1-17H,(H2,23,24,25). The van der Waals surface area contributed by atoms with Crippen LogP contribution in [0.25, 0.3) is 24.3 Å². The third-order valence-corrected chi connectivity index (χ3v) is 4.87. The molecule has 0 amide bonds. The average Bonchev–Trinajstić information content (AvgIpc) is 2.66. The number of primary sulfonamides is 1. The zero-order chi connectivity index (χ0) is 18.4. The second-order valence-corrected chi connectivity index (χ2v) is 7.32. The Hall–Kier alpha value is -2.95. The lowest BCUT2D eigenvalue weighted by Crippen LogP contribution is -2.14. The summed E-state index contributed by atoms with van der Waals surface area (Å²) >= 11 is 0. The van der Waals surface area contributed by atoms with Crippen LogP contribution in [0.15, 0.2) is 83.8 Å². The molecule has 3 aromatic rings. The van der Waals surface area contributed by atoms with Gasteiger partial charge in [-0.2, -0.15) is 0 Å². The molecular formula is C22H19NO2S. The van der Waals surface area contributed by atoms with Crippen LogP contribution < -0.4 is 5.14 Å². The number of sulfonamides is 1. The second kappa shape index (κ2) is 7.95. The summed E-state index contributed by atoms with van der Waals surface area (Å²) < 4.78 is 24.0. The highest BCUT2D eigenvalue weighted by Gasteiger charge is 2.14. The van der Waals surface area contributed by atoms with E-state index in [1.54, 1.807) is 12.1 Å². The van der Waals surface area contributed by atoms with Crippen LogP contribution in [0.4, 0.5) is 0 Å². The lowest BCUT2D eigenvalue weighted by molar-refractivity contribution is 0.597. The Kier molecular flexibility index (Phi) is 5.46. The van der Waals surface area contributed by atoms with Gasteiger partial charge in [0.05, 0.1) is 4.90 Å². The summed E-state index contributed by atoms with van der Waals surface area (Å²) in [5, 5.41) is 5.42. The molecule has 3 rings (SSSR count). The van der Waals surface area contributed by atoms with Crippen LogP contribution in [0, 0.1) is 0 Å². The van der Waals surface area contributed by atoms with Crippen molar-refractivity contribution in [1.82, 2.24) is 0 Å². The maximum absolute atomic E-state index is 12.0. The van der Waals surface area contributed by atoms with E-state index in [-0.39, 0.29) is 4.90 Å². The zero-order valence-electron chi connectivity index (χ0n) is 14.1. The second-order valence-electron chi connectivity index (χ2n) is 5.79. The molecule has 4 heteroatoms. The molecule has 3 nitrogen and oxygen atoms in total. The van der Waals surface area contributed by atoms with Crippen LogP contribution in [0.2, 0.25) is 0 Å². The van der Waals surface area contributed by atoms with Gasteiger partial charge in [0, 0.05) is 5.56 Å². The van der Waals surface area contributed by atoms with Crippen molar-refractivity contribution in [1.29, 1.82) is 0 Å². The molecule has 0 atom stereocenters. The summed E-state index contributed by atoms with van der Waals surface area (Å²) in [5.74, 6) is 0. The van der Waals surface area contributed by atoms with Crippen LogP contribution in [0.5, 0.6) is 0 Å². The van der Waals surface area contributed by atoms with E-state index in [1.807, 2.05) is 85.0 Å². The highest BCUT2D eigenvalue weighted by molar-refractivity contribution is 7.89. The van der Waals surface area contributed by atoms with Gasteiger partial charge in [-0.15, -0.1) is 0 Å². The number of hydrogen-bond donors (Lipinski definition) is 1. The van der Waals surface area contributed by atoms with Crippen molar-refractivity contribution < 1.29 is 8.42 Å². The summed E-state index contributed by atoms with van der Waals surface area (Å²) in [7, 11) is -3.83. The fraction of sp³-hybridized carbons (Fsp3) is 0. The molecule has 0 saturated heterocycles. The molecule has 2 N–H and O–H groups in total. The Balaban J connectivity index is 2.07. The number of benzene rings is 3. The first-order valence-corrected chi connectivity index (χ1v) is 9.71. The molecular weight excluding hydrogens is 342 g/mol. The van der Waals surface area contributed by atoms with E-state index in [4.69, 9.17) is 5.14 Å². The van der Waals surface area contributed by atoms with Crippen LogP contribution in [-0.2, 0) is 10.0 Å². The summed E-state index contributed by atoms with van der Waals surface area (Å²) in [5.41, 5.74) is 3.37. The lowest BCUT2D eigenvalue weighted by Gasteiger charge is -2.08. The van der Waals surface area contributed by atoms with Gasteiger partial charge in [-0.3, -0.25) is 0 Å². The van der Waals surface area contributed by atoms with Crippen LogP contribution in [0.1, 0.15) is 22.3 Å². The molecule has 0 heterocycles. The summed E-state index contributed by atoms with van der Waals surface area (Å²) in [4.78, 5) is 0.111. The molecule has 3 aromatic carbocycles. The van der Waals surface area contributed by atoms with Crippen molar-refractivity contribution in [2.45, 2.75) is 4.90 Å². The molecule has 0 aliphatic heterocycles. The molecule has 0 saturated carbocycles. The first kappa shape index (κ1) is 17.9. The van der Waals surface area contributed by atoms with E-state index < -0.39 is 10.0 Å². The van der Waals surface area contributed by atoms with Crippen molar-refractivity contribution in [3.05, 3.63) is 101 Å². The van der Waals surface area contributed by atoms with Gasteiger partial charge in [-0.25, -0.2) is 13.6 Å². The van der Waals surface area contributed by atoms with Gasteiger partial charge in [0.2, 0.25) is 10.0 Å². The monoisotopic (exact) mass is 361 g/mol. The topological polar surface area (TPSA) is 60.2 Å². The molecule has 0 aliphatic carbocycles. The van der Waals surface area contributed by atoms with Crippen molar-refractivity contribution in [3.63, 3.8) is 0 Å². The number of rotatable bonds is 5. The van der Waals surface area contributed by atoms with Gasteiger partial charge in [0.15, 0.2) is 0 Å². The maximum atomic E-state index is 12.0. The van der Waals surface area contributed by atoms with Crippen molar-refractivity contribution in [2.75, 3.05) is 0 Å². The average molecular weight is 361 g/mol. The van der Waals surface area contributed by atoms with Gasteiger partial charge in [-0.05, 0) is 22.8 Å². The van der Waals surface area contributed by atoms with Gasteiger partial charge in [-0.1, -0.05) is 97.1 Å². The number of hydrogen-bond acceptors (Lipinski definition) is 2. The quantitative estimate of drug-likeness (QED) is 0.671. The highest BCUT2D eigenvalue weighted by atomic mass is 32.2. The highest BCUT2D eigenvalue weighted by Crippen LogP contribution is 2.23. The van der Waals surface area contributed by atoms with Crippen LogP contribution in [-0.4, -0.2) is 8.42 Å². The Morgan fingerprint density at radius 1 is 0.615 bits per heavy atom. The fourth-order valence-electron chi connectivity index (χ4n) is 2.63. The third kappa shape index (κ3) is 4.57. The summed E-state index contributed by atoms with van der Waals surface area (Å²) in [6.07, 6.45) is 7.51. The van der Waals surface area contributed by atoms with E-state index >= 15 is 0 Å². The minimum Gasteiger partial charge on any atom is -0.225 e. The summed E-state index contributed by atoms with van der Waals surface area (Å²) in [6.45, 7) is 0. The Bertz CT molecular complexity index is 1040. The number of nitrogens with two attached hydrogens (primary N) is 1. The summed E-state index contributed by atoms with van der Waals surface area (Å²) in [6, 6.07) is 24.6. The molecule has 26 heavy (non-hydrogen) atoms. The van der Waals surface area contributed by atoms with Crippen molar-refractivity contribution in [3.8, 4) is 0 Å². The smallest absolute Gasteiger partial charge is 0.225 e. The molecule has 0 unspecified atom stereocenters. The van der Waals surface area contributed by atoms with Gasteiger partial charge in [0.1, 0.15) is 0 Å². The Labute approximate surface area is 154 Å². The van der Waals surface area contributed by atoms with E-state index in [1.165, 1.54) is 6.07 Å². The Morgan fingerprint density at radius 3 is 1.69 bits per heavy atom. The maximum Gasteiger partial charge on any atom is 0.238 e. The molecule has 0 aliphatic rings. The van der Waals surface area contributed by atoms with Crippen LogP contribution in [0.3, 0.4) is 0 Å². The largest absolute Gasteiger partial charge is 0.238 e. The van der Waals surface area contributed by atoms with Gasteiger partial charge < -0.3 is 0 Å². The predicted molar refractivity (Wildman–Crippen MR) is 109 cm³/mol. The molecule has 130 valence electrons. The van der Waals surface area contributed by atoms with E-state index in [9.17, 15) is 8.42 Å². The van der Waals surface area contributed by atoms with E-state index in [0.717, 1.165) is 16.7 Å². The van der Waals surface area contributed by atoms with Gasteiger partial charge >= 0.3 is 0 Å². The molecule has 0 bridgehead atoms. The molecule has 0 spiro atoms. The van der Waals surface area contributed by atoms with Gasteiger partial charge in [0.25, 0.3) is 0 Å². The lowest BCUT2D eigenvalue weighted by atomic mass is 10.0. The van der Waals surface area contributed by atoms with Crippen molar-refractivity contribution in [2.24, 2.45) is 5.14 Å². The SMILES string of the molecule is NS(=O)(=O)c1cccc(C=Cc2ccccc2)c1C=Cc1ccccc1. The van der Waals surface area contributed by atoms with Crippen LogP contribution >= 0.6 is 0 Å². The first-order valence-electron chi connectivity index (χ1n) is 8.16. The fourth-order valence-corrected chi connectivity index (χ4v) is 3.39.